The third kappa shape index (κ3) is 2.36. The summed E-state index contributed by atoms with van der Waals surface area (Å²) in [5.41, 5.74) is 5.15. The first kappa shape index (κ1) is 11.7. The molecule has 84 valence electrons. The van der Waals surface area contributed by atoms with Gasteiger partial charge in [0, 0.05) is 18.8 Å². The zero-order chi connectivity index (χ0) is 11.6. The van der Waals surface area contributed by atoms with E-state index in [-0.39, 0.29) is 24.0 Å². The van der Waals surface area contributed by atoms with E-state index in [2.05, 4.69) is 0 Å². The lowest BCUT2D eigenvalue weighted by Gasteiger charge is -2.26. The molecule has 1 unspecified atom stereocenters. The van der Waals surface area contributed by atoms with Crippen molar-refractivity contribution in [1.29, 1.82) is 0 Å². The number of rotatable bonds is 3. The number of likely N-dealkylation sites (N-methyl/N-ethyl adjacent to an activating group) is 1. The third-order valence-electron chi connectivity index (χ3n) is 2.32. The van der Waals surface area contributed by atoms with Crippen LogP contribution in [0.25, 0.3) is 0 Å². The highest BCUT2D eigenvalue weighted by atomic mass is 19.1. The number of nitrogens with zero attached hydrogens (tertiary/aromatic N) is 1. The van der Waals surface area contributed by atoms with E-state index >= 15 is 0 Å². The van der Waals surface area contributed by atoms with E-state index in [9.17, 15) is 8.78 Å². The van der Waals surface area contributed by atoms with Crippen molar-refractivity contribution < 1.29 is 13.9 Å². The van der Waals surface area contributed by atoms with Crippen molar-refractivity contribution in [1.82, 2.24) is 0 Å². The third-order valence-corrected chi connectivity index (χ3v) is 2.32. The minimum absolute atomic E-state index is 0.0406. The molecule has 1 rings (SSSR count). The van der Waals surface area contributed by atoms with Gasteiger partial charge in [-0.15, -0.1) is 0 Å². The largest absolute Gasteiger partial charge is 0.399 e. The van der Waals surface area contributed by atoms with Gasteiger partial charge in [0.25, 0.3) is 0 Å². The predicted molar refractivity (Wildman–Crippen MR) is 55.7 cm³/mol. The van der Waals surface area contributed by atoms with E-state index < -0.39 is 11.6 Å². The normalized spacial score (nSPS) is 12.6. The Bertz CT molecular complexity index is 334. The SMILES string of the molecule is CC(CO)N(C)c1c(F)cc(N)cc1F. The lowest BCUT2D eigenvalue weighted by Crippen LogP contribution is -2.33. The monoisotopic (exact) mass is 216 g/mol. The Balaban J connectivity index is 3.13. The van der Waals surface area contributed by atoms with Gasteiger partial charge in [-0.1, -0.05) is 0 Å². The zero-order valence-electron chi connectivity index (χ0n) is 8.67. The molecule has 0 heterocycles. The number of nitrogen functional groups attached to an aromatic ring is 1. The van der Waals surface area contributed by atoms with Crippen molar-refractivity contribution in [3.05, 3.63) is 23.8 Å². The summed E-state index contributed by atoms with van der Waals surface area (Å²) < 4.78 is 26.8. The summed E-state index contributed by atoms with van der Waals surface area (Å²) in [4.78, 5) is 1.34. The lowest BCUT2D eigenvalue weighted by atomic mass is 10.2. The molecular weight excluding hydrogens is 202 g/mol. The molecule has 15 heavy (non-hydrogen) atoms. The Morgan fingerprint density at radius 2 is 1.87 bits per heavy atom. The van der Waals surface area contributed by atoms with Crippen LogP contribution in [0.1, 0.15) is 6.92 Å². The number of aliphatic hydroxyl groups is 1. The molecule has 3 nitrogen and oxygen atoms in total. The van der Waals surface area contributed by atoms with Crippen molar-refractivity contribution >= 4 is 11.4 Å². The first-order valence-corrected chi connectivity index (χ1v) is 4.55. The van der Waals surface area contributed by atoms with Crippen LogP contribution in [0.2, 0.25) is 0 Å². The Morgan fingerprint density at radius 1 is 1.40 bits per heavy atom. The summed E-state index contributed by atoms with van der Waals surface area (Å²) in [6.07, 6.45) is 0. The summed E-state index contributed by atoms with van der Waals surface area (Å²) in [7, 11) is 1.51. The van der Waals surface area contributed by atoms with Crippen molar-refractivity contribution in [2.45, 2.75) is 13.0 Å². The Hall–Kier alpha value is -1.36. The fourth-order valence-corrected chi connectivity index (χ4v) is 1.26. The number of hydrogen-bond donors (Lipinski definition) is 2. The van der Waals surface area contributed by atoms with E-state index in [1.807, 2.05) is 0 Å². The van der Waals surface area contributed by atoms with Gasteiger partial charge >= 0.3 is 0 Å². The molecule has 1 aromatic rings. The van der Waals surface area contributed by atoms with Crippen molar-refractivity contribution in [3.8, 4) is 0 Å². The van der Waals surface area contributed by atoms with Crippen LogP contribution in [0, 0.1) is 11.6 Å². The summed E-state index contributed by atoms with van der Waals surface area (Å²) in [5, 5.41) is 8.89. The smallest absolute Gasteiger partial charge is 0.151 e. The molecule has 0 fully saturated rings. The number of hydrogen-bond acceptors (Lipinski definition) is 3. The number of nitrogens with two attached hydrogens (primary N) is 1. The van der Waals surface area contributed by atoms with Gasteiger partial charge in [-0.05, 0) is 19.1 Å². The average molecular weight is 216 g/mol. The van der Waals surface area contributed by atoms with Gasteiger partial charge < -0.3 is 15.7 Å². The van der Waals surface area contributed by atoms with Gasteiger partial charge in [0.05, 0.1) is 6.61 Å². The van der Waals surface area contributed by atoms with Crippen LogP contribution in [0.4, 0.5) is 20.2 Å². The molecule has 0 amide bonds. The molecule has 0 bridgehead atoms. The first-order valence-electron chi connectivity index (χ1n) is 4.55. The first-order chi connectivity index (χ1) is 6.97. The molecule has 0 radical (unpaired) electrons. The number of anilines is 2. The van der Waals surface area contributed by atoms with E-state index in [0.717, 1.165) is 12.1 Å². The second-order valence-corrected chi connectivity index (χ2v) is 3.48. The molecule has 3 N–H and O–H groups in total. The molecule has 0 aliphatic carbocycles. The Kier molecular flexibility index (Phi) is 3.47. The predicted octanol–water partition coefficient (Wildman–Crippen LogP) is 1.36. The fraction of sp³-hybridized carbons (Fsp3) is 0.400. The van der Waals surface area contributed by atoms with Gasteiger partial charge in [0.2, 0.25) is 0 Å². The summed E-state index contributed by atoms with van der Waals surface area (Å²) in [5.74, 6) is -1.45. The van der Waals surface area contributed by atoms with Crippen LogP contribution >= 0.6 is 0 Å². The molecule has 5 heteroatoms. The van der Waals surface area contributed by atoms with Crippen molar-refractivity contribution in [2.24, 2.45) is 0 Å². The lowest BCUT2D eigenvalue weighted by molar-refractivity contribution is 0.269. The molecular formula is C10H14F2N2O. The molecule has 0 spiro atoms. The van der Waals surface area contributed by atoms with E-state index in [4.69, 9.17) is 10.8 Å². The minimum Gasteiger partial charge on any atom is -0.399 e. The van der Waals surface area contributed by atoms with E-state index in [1.165, 1.54) is 11.9 Å². The molecule has 1 aromatic carbocycles. The van der Waals surface area contributed by atoms with E-state index in [0.29, 0.717) is 0 Å². The topological polar surface area (TPSA) is 49.5 Å². The van der Waals surface area contributed by atoms with Crippen LogP contribution in [0.15, 0.2) is 12.1 Å². The van der Waals surface area contributed by atoms with E-state index in [1.54, 1.807) is 6.92 Å². The number of halogens is 2. The van der Waals surface area contributed by atoms with Gasteiger partial charge in [-0.2, -0.15) is 0 Å². The fourth-order valence-electron chi connectivity index (χ4n) is 1.26. The standard InChI is InChI=1S/C10H14F2N2O/c1-6(5-15)14(2)10-8(11)3-7(13)4-9(10)12/h3-4,6,15H,5,13H2,1-2H3. The Morgan fingerprint density at radius 3 is 2.27 bits per heavy atom. The van der Waals surface area contributed by atoms with Crippen LogP contribution in [-0.2, 0) is 0 Å². The highest BCUT2D eigenvalue weighted by Crippen LogP contribution is 2.26. The molecule has 1 atom stereocenters. The van der Waals surface area contributed by atoms with Crippen molar-refractivity contribution in [3.63, 3.8) is 0 Å². The molecule has 0 saturated heterocycles. The molecule has 0 aliphatic rings. The summed E-state index contributed by atoms with van der Waals surface area (Å²) in [6.45, 7) is 1.48. The van der Waals surface area contributed by atoms with Crippen LogP contribution in [0.3, 0.4) is 0 Å². The van der Waals surface area contributed by atoms with Gasteiger partial charge in [0.1, 0.15) is 5.69 Å². The van der Waals surface area contributed by atoms with Gasteiger partial charge in [-0.25, -0.2) is 8.78 Å². The number of aliphatic hydroxyl groups excluding tert-OH is 1. The summed E-state index contributed by atoms with van der Waals surface area (Å²) in [6, 6.07) is 1.75. The van der Waals surface area contributed by atoms with Crippen LogP contribution < -0.4 is 10.6 Å². The average Bonchev–Trinajstić information content (AvgIpc) is 2.14. The quantitative estimate of drug-likeness (QED) is 0.750. The van der Waals surface area contributed by atoms with Gasteiger partial charge in [-0.3, -0.25) is 0 Å². The second-order valence-electron chi connectivity index (χ2n) is 3.48. The Labute approximate surface area is 87.1 Å². The summed E-state index contributed by atoms with van der Waals surface area (Å²) >= 11 is 0. The van der Waals surface area contributed by atoms with Crippen LogP contribution in [0.5, 0.6) is 0 Å². The molecule has 0 aliphatic heterocycles. The van der Waals surface area contributed by atoms with Crippen molar-refractivity contribution in [2.75, 3.05) is 24.3 Å². The minimum atomic E-state index is -0.727. The second kappa shape index (κ2) is 4.44. The van der Waals surface area contributed by atoms with Crippen LogP contribution in [-0.4, -0.2) is 24.8 Å². The van der Waals surface area contributed by atoms with Gasteiger partial charge in [0.15, 0.2) is 11.6 Å². The molecule has 0 aromatic heterocycles. The highest BCUT2D eigenvalue weighted by molar-refractivity contribution is 5.55. The maximum atomic E-state index is 13.4. The highest BCUT2D eigenvalue weighted by Gasteiger charge is 2.18. The maximum Gasteiger partial charge on any atom is 0.151 e. The molecule has 0 saturated carbocycles. The zero-order valence-corrected chi connectivity index (χ0v) is 8.67. The number of benzene rings is 1. The maximum absolute atomic E-state index is 13.4.